The maximum atomic E-state index is 5.35. The summed E-state index contributed by atoms with van der Waals surface area (Å²) in [5.41, 5.74) is 5.35. The Kier molecular flexibility index (Phi) is 4.53. The third-order valence-corrected chi connectivity index (χ3v) is 0.822. The van der Waals surface area contributed by atoms with Gasteiger partial charge in [0.05, 0.1) is 22.9 Å². The van der Waals surface area contributed by atoms with Crippen LogP contribution in [0.2, 0.25) is 0 Å². The van der Waals surface area contributed by atoms with Crippen molar-refractivity contribution in [1.82, 2.24) is 3.53 Å². The van der Waals surface area contributed by atoms with E-state index in [0.29, 0.717) is 0 Å². The van der Waals surface area contributed by atoms with Gasteiger partial charge in [-0.2, -0.15) is 0 Å². The smallest absolute Gasteiger partial charge is 0.0555 e. The minimum atomic E-state index is 0.155. The molecule has 0 radical (unpaired) electrons. The first-order valence-electron chi connectivity index (χ1n) is 2.06. The molecule has 0 heterocycles. The molecule has 0 rings (SSSR count). The van der Waals surface area contributed by atoms with E-state index in [1.807, 2.05) is 42.1 Å². The molecule has 0 amide bonds. The second-order valence-corrected chi connectivity index (χ2v) is 1.95. The van der Waals surface area contributed by atoms with E-state index < -0.39 is 0 Å². The average Bonchev–Trinajstić information content (AvgIpc) is 1.61. The van der Waals surface area contributed by atoms with E-state index in [4.69, 9.17) is 5.73 Å². The summed E-state index contributed by atoms with van der Waals surface area (Å²) in [6, 6.07) is 0.155. The summed E-state index contributed by atoms with van der Waals surface area (Å²) in [6.45, 7) is 1.92. The van der Waals surface area contributed by atoms with Gasteiger partial charge in [0, 0.05) is 12.2 Å². The summed E-state index contributed by atoms with van der Waals surface area (Å²) in [5, 5.41) is 0. The molecule has 0 aromatic carbocycles. The molecule has 0 aromatic heterocycles. The minimum Gasteiger partial charge on any atom is -0.335 e. The Balaban J connectivity index is 3.08. The first-order valence-corrected chi connectivity index (χ1v) is 3.13. The van der Waals surface area contributed by atoms with Crippen LogP contribution in [0.25, 0.3) is 0 Å². The SMILES string of the molecule is CC(N)/C=C\NI. The predicted octanol–water partition coefficient (Wildman–Crippen LogP) is 0.787. The molecule has 0 spiro atoms. The molecule has 0 saturated heterocycles. The van der Waals surface area contributed by atoms with Gasteiger partial charge in [-0.3, -0.25) is 0 Å². The zero-order valence-corrected chi connectivity index (χ0v) is 6.34. The highest BCUT2D eigenvalue weighted by Crippen LogP contribution is 1.76. The van der Waals surface area contributed by atoms with Crippen LogP contribution in [0.4, 0.5) is 0 Å². The Labute approximate surface area is 57.7 Å². The molecular weight excluding hydrogens is 203 g/mol. The first-order chi connectivity index (χ1) is 3.27. The molecule has 42 valence electrons. The van der Waals surface area contributed by atoms with Gasteiger partial charge in [0.25, 0.3) is 0 Å². The van der Waals surface area contributed by atoms with E-state index in [1.165, 1.54) is 0 Å². The Bertz CT molecular complexity index is 60.7. The second kappa shape index (κ2) is 4.39. The summed E-state index contributed by atoms with van der Waals surface area (Å²) < 4.78 is 2.81. The molecule has 1 unspecified atom stereocenters. The van der Waals surface area contributed by atoms with Crippen LogP contribution < -0.4 is 9.26 Å². The van der Waals surface area contributed by atoms with Crippen LogP contribution in [0.1, 0.15) is 6.92 Å². The zero-order valence-electron chi connectivity index (χ0n) is 4.19. The fourth-order valence-electron chi connectivity index (χ4n) is 0.188. The molecule has 0 fully saturated rings. The lowest BCUT2D eigenvalue weighted by Gasteiger charge is -1.90. The molecule has 0 aliphatic heterocycles. The minimum absolute atomic E-state index is 0.155. The Morgan fingerprint density at radius 3 is 2.57 bits per heavy atom. The van der Waals surface area contributed by atoms with Crippen LogP contribution in [0.15, 0.2) is 12.3 Å². The van der Waals surface area contributed by atoms with E-state index in [-0.39, 0.29) is 6.04 Å². The summed E-state index contributed by atoms with van der Waals surface area (Å²) in [4.78, 5) is 0. The number of hydrogen-bond acceptors (Lipinski definition) is 2. The molecule has 1 atom stereocenters. The van der Waals surface area contributed by atoms with Crippen molar-refractivity contribution < 1.29 is 0 Å². The van der Waals surface area contributed by atoms with Gasteiger partial charge >= 0.3 is 0 Å². The molecule has 7 heavy (non-hydrogen) atoms. The van der Waals surface area contributed by atoms with Crippen LogP contribution in [0.3, 0.4) is 0 Å². The van der Waals surface area contributed by atoms with Crippen molar-refractivity contribution in [3.05, 3.63) is 12.3 Å². The van der Waals surface area contributed by atoms with Gasteiger partial charge in [-0.1, -0.05) is 6.08 Å². The Hall–Kier alpha value is 0.230. The zero-order chi connectivity index (χ0) is 5.70. The maximum Gasteiger partial charge on any atom is 0.0555 e. The number of rotatable bonds is 2. The number of halogens is 1. The quantitative estimate of drug-likeness (QED) is 0.524. The Morgan fingerprint density at radius 1 is 1.86 bits per heavy atom. The highest BCUT2D eigenvalue weighted by Gasteiger charge is 1.78. The van der Waals surface area contributed by atoms with Crippen LogP contribution >= 0.6 is 22.9 Å². The van der Waals surface area contributed by atoms with E-state index in [2.05, 4.69) is 3.53 Å². The third-order valence-electron chi connectivity index (χ3n) is 0.463. The van der Waals surface area contributed by atoms with Crippen molar-refractivity contribution in [2.24, 2.45) is 5.73 Å². The predicted molar refractivity (Wildman–Crippen MR) is 39.9 cm³/mol. The fourth-order valence-corrected chi connectivity index (χ4v) is 0.396. The molecule has 3 heteroatoms. The lowest BCUT2D eigenvalue weighted by atomic mass is 10.4. The summed E-state index contributed by atoms with van der Waals surface area (Å²) in [7, 11) is 0. The van der Waals surface area contributed by atoms with Crippen LogP contribution in [-0.2, 0) is 0 Å². The van der Waals surface area contributed by atoms with Crippen LogP contribution in [0.5, 0.6) is 0 Å². The topological polar surface area (TPSA) is 38.0 Å². The Morgan fingerprint density at radius 2 is 2.43 bits per heavy atom. The van der Waals surface area contributed by atoms with Crippen molar-refractivity contribution in [3.8, 4) is 0 Å². The molecule has 0 bridgehead atoms. The highest BCUT2D eigenvalue weighted by molar-refractivity contribution is 14.1. The summed E-state index contributed by atoms with van der Waals surface area (Å²) >= 11 is 2.03. The summed E-state index contributed by atoms with van der Waals surface area (Å²) in [6.07, 6.45) is 3.69. The largest absolute Gasteiger partial charge is 0.335 e. The van der Waals surface area contributed by atoms with Crippen LogP contribution in [-0.4, -0.2) is 6.04 Å². The molecule has 3 N–H and O–H groups in total. The van der Waals surface area contributed by atoms with Crippen molar-refractivity contribution in [2.75, 3.05) is 0 Å². The molecule has 0 aromatic rings. The summed E-state index contributed by atoms with van der Waals surface area (Å²) in [5.74, 6) is 0. The highest BCUT2D eigenvalue weighted by atomic mass is 127. The standard InChI is InChI=1S/C4H9IN2/c1-4(6)2-3-7-5/h2-4,7H,6H2,1H3/b3-2-. The van der Waals surface area contributed by atoms with Crippen molar-refractivity contribution in [3.63, 3.8) is 0 Å². The van der Waals surface area contributed by atoms with Crippen molar-refractivity contribution in [2.45, 2.75) is 13.0 Å². The van der Waals surface area contributed by atoms with E-state index in [9.17, 15) is 0 Å². The number of hydrogen-bond donors (Lipinski definition) is 2. The average molecular weight is 212 g/mol. The molecule has 2 nitrogen and oxygen atoms in total. The van der Waals surface area contributed by atoms with Gasteiger partial charge in [-0.15, -0.1) is 0 Å². The van der Waals surface area contributed by atoms with Gasteiger partial charge in [-0.25, -0.2) is 0 Å². The van der Waals surface area contributed by atoms with Gasteiger partial charge in [0.1, 0.15) is 0 Å². The normalized spacial score (nSPS) is 14.7. The number of nitrogens with two attached hydrogens (primary N) is 1. The van der Waals surface area contributed by atoms with E-state index in [1.54, 1.807) is 0 Å². The molecule has 0 aliphatic carbocycles. The van der Waals surface area contributed by atoms with Gasteiger partial charge in [0.2, 0.25) is 0 Å². The lowest BCUT2D eigenvalue weighted by molar-refractivity contribution is 0.921. The van der Waals surface area contributed by atoms with Gasteiger partial charge < -0.3 is 9.26 Å². The van der Waals surface area contributed by atoms with E-state index in [0.717, 1.165) is 0 Å². The van der Waals surface area contributed by atoms with Crippen molar-refractivity contribution >= 4 is 22.9 Å². The molecule has 0 saturated carbocycles. The van der Waals surface area contributed by atoms with Gasteiger partial charge in [-0.05, 0) is 6.92 Å². The lowest BCUT2D eigenvalue weighted by Crippen LogP contribution is -2.10. The first kappa shape index (κ1) is 7.23. The number of nitrogens with one attached hydrogen (secondary N) is 1. The fraction of sp³-hybridized carbons (Fsp3) is 0.500. The van der Waals surface area contributed by atoms with Crippen molar-refractivity contribution in [1.29, 1.82) is 0 Å². The monoisotopic (exact) mass is 212 g/mol. The maximum absolute atomic E-state index is 5.35. The van der Waals surface area contributed by atoms with E-state index >= 15 is 0 Å². The second-order valence-electron chi connectivity index (χ2n) is 1.33. The molecular formula is C4H9IN2. The van der Waals surface area contributed by atoms with Crippen LogP contribution in [0, 0.1) is 0 Å². The third kappa shape index (κ3) is 6.23. The van der Waals surface area contributed by atoms with Gasteiger partial charge in [0.15, 0.2) is 0 Å². The molecule has 0 aliphatic rings.